The highest BCUT2D eigenvalue weighted by Gasteiger charge is 2.05. The molecule has 2 nitrogen and oxygen atoms in total. The van der Waals surface area contributed by atoms with Crippen molar-refractivity contribution >= 4 is 39.9 Å². The van der Waals surface area contributed by atoms with E-state index in [1.54, 1.807) is 0 Å². The Morgan fingerprint density at radius 1 is 1.50 bits per heavy atom. The Balaban J connectivity index is 0.000000810. The van der Waals surface area contributed by atoms with Crippen LogP contribution in [0.3, 0.4) is 0 Å². The summed E-state index contributed by atoms with van der Waals surface area (Å²) in [7, 11) is 2.07. The Hall–Kier alpha value is 0.550. The van der Waals surface area contributed by atoms with Crippen LogP contribution in [0.5, 0.6) is 0 Å². The molecule has 1 heterocycles. The van der Waals surface area contributed by atoms with Crippen molar-refractivity contribution in [3.8, 4) is 0 Å². The molecule has 0 bridgehead atoms. The maximum Gasteiger partial charge on any atom is 0.0891 e. The van der Waals surface area contributed by atoms with E-state index in [1.165, 1.54) is 0 Å². The number of alkyl halides is 1. The fraction of sp³-hybridized carbons (Fsp3) is 0.667. The summed E-state index contributed by atoms with van der Waals surface area (Å²) in [5, 5.41) is 1.05. The molecule has 1 rings (SSSR count). The number of rotatable bonds is 2. The van der Waals surface area contributed by atoms with E-state index in [-0.39, 0.29) is 24.0 Å². The lowest BCUT2D eigenvalue weighted by molar-refractivity contribution is 0.310. The Morgan fingerprint density at radius 3 is 2.60 bits per heavy atom. The molecule has 0 spiro atoms. The molecule has 0 saturated carbocycles. The van der Waals surface area contributed by atoms with Crippen molar-refractivity contribution in [1.82, 2.24) is 9.80 Å². The van der Waals surface area contributed by atoms with Gasteiger partial charge in [0.25, 0.3) is 0 Å². The highest BCUT2D eigenvalue weighted by Crippen LogP contribution is 2.02. The summed E-state index contributed by atoms with van der Waals surface area (Å²) >= 11 is 3.39. The molecule has 10 heavy (non-hydrogen) atoms. The van der Waals surface area contributed by atoms with E-state index in [0.29, 0.717) is 0 Å². The quantitative estimate of drug-likeness (QED) is 0.564. The van der Waals surface area contributed by atoms with Gasteiger partial charge in [-0.2, -0.15) is 0 Å². The molecule has 60 valence electrons. The fourth-order valence-electron chi connectivity index (χ4n) is 0.843. The van der Waals surface area contributed by atoms with Crippen LogP contribution in [0.15, 0.2) is 12.4 Å². The maximum atomic E-state index is 3.39. The van der Waals surface area contributed by atoms with E-state index in [9.17, 15) is 0 Å². The first-order valence-corrected chi connectivity index (χ1v) is 4.13. The van der Waals surface area contributed by atoms with Gasteiger partial charge in [0.2, 0.25) is 0 Å². The Labute approximate surface area is 87.4 Å². The first-order valence-electron chi connectivity index (χ1n) is 3.01. The molecule has 0 aromatic carbocycles. The molecule has 0 unspecified atom stereocenters. The van der Waals surface area contributed by atoms with Gasteiger partial charge in [-0.05, 0) is 0 Å². The van der Waals surface area contributed by atoms with Crippen LogP contribution in [-0.2, 0) is 0 Å². The second-order valence-electron chi connectivity index (χ2n) is 2.20. The Morgan fingerprint density at radius 2 is 2.20 bits per heavy atom. The topological polar surface area (TPSA) is 6.48 Å². The van der Waals surface area contributed by atoms with Crippen LogP contribution in [0.4, 0.5) is 0 Å². The molecule has 0 aliphatic carbocycles. The van der Waals surface area contributed by atoms with Crippen LogP contribution in [0, 0.1) is 0 Å². The SMILES string of the molecule is CN1C=CN(CCBr)C1.I. The van der Waals surface area contributed by atoms with Gasteiger partial charge >= 0.3 is 0 Å². The van der Waals surface area contributed by atoms with Gasteiger partial charge in [0.1, 0.15) is 0 Å². The Bertz CT molecular complexity index is 118. The van der Waals surface area contributed by atoms with Crippen molar-refractivity contribution in [3.63, 3.8) is 0 Å². The average molecular weight is 319 g/mol. The third kappa shape index (κ3) is 3.09. The molecule has 0 aromatic rings. The van der Waals surface area contributed by atoms with Crippen molar-refractivity contribution in [2.24, 2.45) is 0 Å². The van der Waals surface area contributed by atoms with Crippen molar-refractivity contribution < 1.29 is 0 Å². The molecule has 1 aliphatic rings. The van der Waals surface area contributed by atoms with Gasteiger partial charge in [-0.25, -0.2) is 0 Å². The normalized spacial score (nSPS) is 15.8. The molecule has 0 aromatic heterocycles. The van der Waals surface area contributed by atoms with E-state index < -0.39 is 0 Å². The summed E-state index contributed by atoms with van der Waals surface area (Å²) in [6.07, 6.45) is 4.20. The highest BCUT2D eigenvalue weighted by molar-refractivity contribution is 14.0. The Kier molecular flexibility index (Phi) is 5.52. The monoisotopic (exact) mass is 318 g/mol. The summed E-state index contributed by atoms with van der Waals surface area (Å²) in [5.41, 5.74) is 0. The average Bonchev–Trinajstić information content (AvgIpc) is 2.17. The number of hydrogen-bond donors (Lipinski definition) is 0. The zero-order valence-electron chi connectivity index (χ0n) is 5.96. The van der Waals surface area contributed by atoms with Crippen LogP contribution in [0.25, 0.3) is 0 Å². The largest absolute Gasteiger partial charge is 0.362 e. The van der Waals surface area contributed by atoms with E-state index in [2.05, 4.69) is 45.2 Å². The molecule has 0 atom stereocenters. The van der Waals surface area contributed by atoms with Gasteiger partial charge in [-0.15, -0.1) is 24.0 Å². The van der Waals surface area contributed by atoms with Gasteiger partial charge in [0.15, 0.2) is 0 Å². The molecule has 0 amide bonds. The van der Waals surface area contributed by atoms with Crippen molar-refractivity contribution in [2.75, 3.05) is 25.6 Å². The maximum absolute atomic E-state index is 3.39. The van der Waals surface area contributed by atoms with E-state index in [4.69, 9.17) is 0 Å². The summed E-state index contributed by atoms with van der Waals surface area (Å²) in [5.74, 6) is 0. The third-order valence-electron chi connectivity index (χ3n) is 1.31. The molecule has 0 saturated heterocycles. The molecule has 0 N–H and O–H groups in total. The summed E-state index contributed by atoms with van der Waals surface area (Å²) < 4.78 is 0. The van der Waals surface area contributed by atoms with Crippen LogP contribution in [0.1, 0.15) is 0 Å². The molecule has 1 aliphatic heterocycles. The lowest BCUT2D eigenvalue weighted by atomic mass is 10.6. The summed E-state index contributed by atoms with van der Waals surface area (Å²) in [6, 6.07) is 0. The van der Waals surface area contributed by atoms with Crippen molar-refractivity contribution in [3.05, 3.63) is 12.4 Å². The standard InChI is InChI=1S/C6H11BrN2.HI/c1-8-4-5-9(6-8)3-2-7;/h4-5H,2-3,6H2,1H3;1H. The summed E-state index contributed by atoms with van der Waals surface area (Å²) in [4.78, 5) is 4.41. The van der Waals surface area contributed by atoms with Crippen LogP contribution >= 0.6 is 39.9 Å². The number of nitrogens with zero attached hydrogens (tertiary/aromatic N) is 2. The van der Waals surface area contributed by atoms with E-state index in [1.807, 2.05) is 0 Å². The number of hydrogen-bond acceptors (Lipinski definition) is 2. The van der Waals surface area contributed by atoms with Gasteiger partial charge in [0.05, 0.1) is 6.67 Å². The number of halogens is 2. The predicted molar refractivity (Wildman–Crippen MR) is 57.7 cm³/mol. The minimum Gasteiger partial charge on any atom is -0.362 e. The van der Waals surface area contributed by atoms with Gasteiger partial charge in [-0.3, -0.25) is 0 Å². The van der Waals surface area contributed by atoms with Gasteiger partial charge in [0, 0.05) is 31.3 Å². The fourth-order valence-corrected chi connectivity index (χ4v) is 1.30. The zero-order valence-corrected chi connectivity index (χ0v) is 9.87. The molecule has 0 radical (unpaired) electrons. The lowest BCUT2D eigenvalue weighted by Crippen LogP contribution is -2.23. The van der Waals surface area contributed by atoms with Crippen LogP contribution < -0.4 is 0 Å². The lowest BCUT2D eigenvalue weighted by Gasteiger charge is -2.15. The van der Waals surface area contributed by atoms with E-state index >= 15 is 0 Å². The second-order valence-corrected chi connectivity index (χ2v) is 2.99. The van der Waals surface area contributed by atoms with Gasteiger partial charge < -0.3 is 9.80 Å². The first-order chi connectivity index (χ1) is 4.33. The second kappa shape index (κ2) is 5.23. The molecular formula is C6H12BrIN2. The van der Waals surface area contributed by atoms with Gasteiger partial charge in [-0.1, -0.05) is 15.9 Å². The smallest absolute Gasteiger partial charge is 0.0891 e. The van der Waals surface area contributed by atoms with E-state index in [0.717, 1.165) is 18.5 Å². The molecular weight excluding hydrogens is 307 g/mol. The molecule has 4 heteroatoms. The van der Waals surface area contributed by atoms with Crippen molar-refractivity contribution in [2.45, 2.75) is 0 Å². The minimum absolute atomic E-state index is 0. The summed E-state index contributed by atoms with van der Waals surface area (Å²) in [6.45, 7) is 2.13. The minimum atomic E-state index is 0. The zero-order chi connectivity index (χ0) is 6.69. The predicted octanol–water partition coefficient (Wildman–Crippen LogP) is 1.68. The highest BCUT2D eigenvalue weighted by atomic mass is 127. The molecule has 0 fully saturated rings. The third-order valence-corrected chi connectivity index (χ3v) is 1.66. The first kappa shape index (κ1) is 10.6. The van der Waals surface area contributed by atoms with Crippen LogP contribution in [-0.4, -0.2) is 35.4 Å². The van der Waals surface area contributed by atoms with Crippen molar-refractivity contribution in [1.29, 1.82) is 0 Å². The van der Waals surface area contributed by atoms with Crippen LogP contribution in [0.2, 0.25) is 0 Å².